The van der Waals surface area contributed by atoms with Crippen LogP contribution >= 0.6 is 0 Å². The van der Waals surface area contributed by atoms with E-state index in [1.165, 1.54) is 89.9 Å². The Morgan fingerprint density at radius 3 is 1.58 bits per heavy atom. The van der Waals surface area contributed by atoms with E-state index in [0.29, 0.717) is 13.2 Å². The maximum atomic E-state index is 11.3. The minimum Gasteiger partial charge on any atom is -0.465 e. The maximum Gasteiger partial charge on any atom is 0.319 e. The van der Waals surface area contributed by atoms with Crippen molar-refractivity contribution in [2.45, 2.75) is 110 Å². The molecule has 0 amide bonds. The van der Waals surface area contributed by atoms with Crippen LogP contribution < -0.4 is 5.32 Å². The van der Waals surface area contributed by atoms with E-state index in [1.807, 2.05) is 0 Å². The van der Waals surface area contributed by atoms with Gasteiger partial charge in [0, 0.05) is 6.54 Å². The van der Waals surface area contributed by atoms with Crippen molar-refractivity contribution in [2.24, 2.45) is 0 Å². The number of esters is 1. The molecule has 0 saturated heterocycles. The summed E-state index contributed by atoms with van der Waals surface area (Å²) in [6.45, 7) is 3.48. The fourth-order valence-electron chi connectivity index (χ4n) is 3.16. The zero-order valence-corrected chi connectivity index (χ0v) is 17.4. The summed E-state index contributed by atoms with van der Waals surface area (Å²) in [5, 5.41) is 11.4. The number of unbranched alkanes of at least 4 members (excludes halogenated alkanes) is 15. The predicted octanol–water partition coefficient (Wildman–Crippen LogP) is 5.37. The number of carbonyl (C=O) groups excluding carboxylic acids is 1. The molecule has 0 unspecified atom stereocenters. The van der Waals surface area contributed by atoms with E-state index >= 15 is 0 Å². The molecule has 0 aromatic rings. The zero-order valence-electron chi connectivity index (χ0n) is 17.4. The number of nitrogens with one attached hydrogen (secondary N) is 1. The van der Waals surface area contributed by atoms with Crippen LogP contribution in [0.3, 0.4) is 0 Å². The first-order valence-corrected chi connectivity index (χ1v) is 11.3. The second-order valence-corrected chi connectivity index (χ2v) is 7.42. The van der Waals surface area contributed by atoms with Crippen molar-refractivity contribution in [3.05, 3.63) is 0 Å². The van der Waals surface area contributed by atoms with Crippen molar-refractivity contribution in [3.8, 4) is 0 Å². The third kappa shape index (κ3) is 21.4. The van der Waals surface area contributed by atoms with Gasteiger partial charge < -0.3 is 15.2 Å². The molecule has 0 atom stereocenters. The molecule has 4 heteroatoms. The van der Waals surface area contributed by atoms with Crippen LogP contribution in [0.25, 0.3) is 0 Å². The highest BCUT2D eigenvalue weighted by Gasteiger charge is 2.01. The maximum absolute atomic E-state index is 11.3. The van der Waals surface area contributed by atoms with Crippen LogP contribution in [0.15, 0.2) is 0 Å². The lowest BCUT2D eigenvalue weighted by atomic mass is 10.0. The Morgan fingerprint density at radius 2 is 1.15 bits per heavy atom. The lowest BCUT2D eigenvalue weighted by Crippen LogP contribution is -2.27. The Bertz CT molecular complexity index is 285. The molecule has 156 valence electrons. The Labute approximate surface area is 162 Å². The van der Waals surface area contributed by atoms with E-state index in [2.05, 4.69) is 12.2 Å². The van der Waals surface area contributed by atoms with Gasteiger partial charge in [-0.1, -0.05) is 103 Å². The Balaban J connectivity index is 3.06. The van der Waals surface area contributed by atoms with Crippen LogP contribution in [-0.2, 0) is 9.53 Å². The summed E-state index contributed by atoms with van der Waals surface area (Å²) in [7, 11) is 0. The van der Waals surface area contributed by atoms with Gasteiger partial charge in [-0.05, 0) is 6.42 Å². The SMILES string of the molecule is CCCCCCCCCCCCCCCCCCOC(=O)CNCCO. The molecule has 0 fully saturated rings. The largest absolute Gasteiger partial charge is 0.465 e. The normalized spacial score (nSPS) is 11.0. The van der Waals surface area contributed by atoms with Gasteiger partial charge in [-0.15, -0.1) is 0 Å². The van der Waals surface area contributed by atoms with Gasteiger partial charge in [-0.2, -0.15) is 0 Å². The van der Waals surface area contributed by atoms with Crippen LogP contribution in [0.5, 0.6) is 0 Å². The van der Waals surface area contributed by atoms with Gasteiger partial charge >= 0.3 is 5.97 Å². The van der Waals surface area contributed by atoms with Gasteiger partial charge in [0.05, 0.1) is 19.8 Å². The molecule has 0 spiro atoms. The highest BCUT2D eigenvalue weighted by atomic mass is 16.5. The van der Waals surface area contributed by atoms with E-state index in [0.717, 1.165) is 12.8 Å². The third-order valence-corrected chi connectivity index (χ3v) is 4.82. The van der Waals surface area contributed by atoms with Gasteiger partial charge in [0.25, 0.3) is 0 Å². The van der Waals surface area contributed by atoms with E-state index in [9.17, 15) is 4.79 Å². The molecule has 0 saturated carbocycles. The quantitative estimate of drug-likeness (QED) is 0.210. The van der Waals surface area contributed by atoms with E-state index in [4.69, 9.17) is 9.84 Å². The standard InChI is InChI=1S/C22H45NO3/c1-2-3-4-5-6-7-8-9-10-11-12-13-14-15-16-17-20-26-22(25)21-23-18-19-24/h23-24H,2-21H2,1H3. The van der Waals surface area contributed by atoms with Crippen molar-refractivity contribution in [1.29, 1.82) is 0 Å². The molecule has 0 radical (unpaired) electrons. The number of rotatable bonds is 21. The van der Waals surface area contributed by atoms with Gasteiger partial charge in [-0.3, -0.25) is 4.79 Å². The highest BCUT2D eigenvalue weighted by Crippen LogP contribution is 2.13. The summed E-state index contributed by atoms with van der Waals surface area (Å²) in [6, 6.07) is 0. The molecule has 0 aromatic carbocycles. The molecule has 0 bridgehead atoms. The fourth-order valence-corrected chi connectivity index (χ4v) is 3.16. The van der Waals surface area contributed by atoms with Crippen LogP contribution in [0.2, 0.25) is 0 Å². The first-order chi connectivity index (χ1) is 12.8. The number of aliphatic hydroxyl groups is 1. The zero-order chi connectivity index (χ0) is 19.1. The van der Waals surface area contributed by atoms with Gasteiger partial charge in [0.2, 0.25) is 0 Å². The van der Waals surface area contributed by atoms with Crippen molar-refractivity contribution in [3.63, 3.8) is 0 Å². The molecular weight excluding hydrogens is 326 g/mol. The molecule has 2 N–H and O–H groups in total. The third-order valence-electron chi connectivity index (χ3n) is 4.82. The van der Waals surface area contributed by atoms with Gasteiger partial charge in [0.15, 0.2) is 0 Å². The minimum absolute atomic E-state index is 0.0480. The first-order valence-electron chi connectivity index (χ1n) is 11.3. The Morgan fingerprint density at radius 1 is 0.731 bits per heavy atom. The summed E-state index contributed by atoms with van der Waals surface area (Å²) in [4.78, 5) is 11.3. The lowest BCUT2D eigenvalue weighted by Gasteiger charge is -2.06. The molecule has 0 heterocycles. The summed E-state index contributed by atoms with van der Waals surface area (Å²) in [5.74, 6) is -0.223. The predicted molar refractivity (Wildman–Crippen MR) is 110 cm³/mol. The molecule has 4 nitrogen and oxygen atoms in total. The summed E-state index contributed by atoms with van der Waals surface area (Å²) < 4.78 is 5.12. The van der Waals surface area contributed by atoms with Crippen molar-refractivity contribution < 1.29 is 14.6 Å². The van der Waals surface area contributed by atoms with E-state index in [1.54, 1.807) is 0 Å². The summed E-state index contributed by atoms with van der Waals surface area (Å²) in [5.41, 5.74) is 0. The molecule has 26 heavy (non-hydrogen) atoms. The molecule has 0 aliphatic carbocycles. The molecule has 0 rings (SSSR count). The second-order valence-electron chi connectivity index (χ2n) is 7.42. The number of hydrogen-bond donors (Lipinski definition) is 2. The highest BCUT2D eigenvalue weighted by molar-refractivity contribution is 5.71. The first kappa shape index (κ1) is 25.4. The van der Waals surface area contributed by atoms with Crippen molar-refractivity contribution in [2.75, 3.05) is 26.3 Å². The number of aliphatic hydroxyl groups excluding tert-OH is 1. The lowest BCUT2D eigenvalue weighted by molar-refractivity contribution is -0.142. The molecule has 0 aliphatic rings. The Kier molecular flexibility index (Phi) is 21.9. The summed E-state index contributed by atoms with van der Waals surface area (Å²) >= 11 is 0. The average Bonchev–Trinajstić information content (AvgIpc) is 2.64. The van der Waals surface area contributed by atoms with Crippen molar-refractivity contribution >= 4 is 5.97 Å². The molecule has 0 aliphatic heterocycles. The molecule has 0 aromatic heterocycles. The topological polar surface area (TPSA) is 58.6 Å². The van der Waals surface area contributed by atoms with E-state index in [-0.39, 0.29) is 19.1 Å². The second kappa shape index (κ2) is 22.4. The number of carbonyl (C=O) groups is 1. The van der Waals surface area contributed by atoms with Crippen molar-refractivity contribution in [1.82, 2.24) is 5.32 Å². The number of hydrogen-bond acceptors (Lipinski definition) is 4. The van der Waals surface area contributed by atoms with Crippen LogP contribution in [0.1, 0.15) is 110 Å². The van der Waals surface area contributed by atoms with Crippen LogP contribution in [0, 0.1) is 0 Å². The smallest absolute Gasteiger partial charge is 0.319 e. The molecular formula is C22H45NO3. The average molecular weight is 372 g/mol. The van der Waals surface area contributed by atoms with Gasteiger partial charge in [-0.25, -0.2) is 0 Å². The van der Waals surface area contributed by atoms with E-state index < -0.39 is 0 Å². The van der Waals surface area contributed by atoms with Crippen LogP contribution in [-0.4, -0.2) is 37.4 Å². The monoisotopic (exact) mass is 371 g/mol. The minimum atomic E-state index is -0.223. The van der Waals surface area contributed by atoms with Gasteiger partial charge in [0.1, 0.15) is 0 Å². The summed E-state index contributed by atoms with van der Waals surface area (Å²) in [6.07, 6.45) is 21.6. The Hall–Kier alpha value is -0.610. The number of ether oxygens (including phenoxy) is 1. The van der Waals surface area contributed by atoms with Crippen LogP contribution in [0.4, 0.5) is 0 Å². The fraction of sp³-hybridized carbons (Fsp3) is 0.955.